The van der Waals surface area contributed by atoms with Crippen LogP contribution in [0.1, 0.15) is 76.3 Å². The van der Waals surface area contributed by atoms with E-state index in [4.69, 9.17) is 8.75 Å². The maximum atomic E-state index is 5.18. The van der Waals surface area contributed by atoms with Crippen LogP contribution in [0.25, 0.3) is 140 Å². The Morgan fingerprint density at radius 1 is 0.289 bits per heavy atom. The van der Waals surface area contributed by atoms with Gasteiger partial charge in [-0.2, -0.15) is 8.75 Å². The summed E-state index contributed by atoms with van der Waals surface area (Å²) in [5.41, 5.74) is 19.5. The maximum absolute atomic E-state index is 5.18. The van der Waals surface area contributed by atoms with E-state index < -0.39 is 0 Å². The van der Waals surface area contributed by atoms with Crippen molar-refractivity contribution in [2.24, 2.45) is 0 Å². The molecule has 3 aromatic heterocycles. The van der Waals surface area contributed by atoms with Crippen molar-refractivity contribution in [2.45, 2.75) is 78.1 Å². The van der Waals surface area contributed by atoms with Crippen LogP contribution in [0.5, 0.6) is 0 Å². The second kappa shape index (κ2) is 23.5. The lowest BCUT2D eigenvalue weighted by Crippen LogP contribution is -1.90. The summed E-state index contributed by atoms with van der Waals surface area (Å²) in [5.74, 6) is 0. The highest BCUT2D eigenvalue weighted by molar-refractivity contribution is 7.19. The first-order valence-corrected chi connectivity index (χ1v) is 32.2. The number of aromatic nitrogens is 2. The standard InChI is InChI=1S/C78H64N2S3/c1-3-5-7-9-27-55-49-73(81-77(55)61-45-57(67-37-19-29-51-23-11-15-33-63(51)67)43-58(46-61)68-38-20-30-52-24-12-16-34-64(52)68)71-41-42-72(76-75(71)79-83-80-76)74-50-56(28-10-8-6-4-2)78(82-74)62-47-59(69-39-21-31-53-25-13-17-35-65(53)69)44-60(48-62)70-40-22-32-54-26-14-18-36-66(54)70/h11-26,29-50H,3-10,27-28H2,1-2H3. The van der Waals surface area contributed by atoms with Gasteiger partial charge in [0.2, 0.25) is 0 Å². The Morgan fingerprint density at radius 3 is 0.940 bits per heavy atom. The fourth-order valence-corrected chi connectivity index (χ4v) is 15.8. The third-order valence-electron chi connectivity index (χ3n) is 17.0. The van der Waals surface area contributed by atoms with Crippen LogP contribution in [-0.2, 0) is 12.8 Å². The molecule has 0 aliphatic heterocycles. The first-order valence-electron chi connectivity index (χ1n) is 29.8. The quantitative estimate of drug-likeness (QED) is 0.0800. The van der Waals surface area contributed by atoms with Gasteiger partial charge in [0, 0.05) is 30.6 Å². The number of hydrogen-bond acceptors (Lipinski definition) is 5. The van der Waals surface area contributed by atoms with Gasteiger partial charge in [0.25, 0.3) is 0 Å². The van der Waals surface area contributed by atoms with E-state index in [0.29, 0.717) is 0 Å². The molecule has 0 aliphatic carbocycles. The predicted octanol–water partition coefficient (Wildman–Crippen LogP) is 24.0. The molecule has 5 heteroatoms. The van der Waals surface area contributed by atoms with Crippen molar-refractivity contribution in [3.63, 3.8) is 0 Å². The van der Waals surface area contributed by atoms with E-state index >= 15 is 0 Å². The number of thiophene rings is 2. The minimum Gasteiger partial charge on any atom is -0.172 e. The monoisotopic (exact) mass is 1120 g/mol. The van der Waals surface area contributed by atoms with Crippen LogP contribution in [-0.4, -0.2) is 8.75 Å². The van der Waals surface area contributed by atoms with Gasteiger partial charge in [0.1, 0.15) is 11.0 Å². The topological polar surface area (TPSA) is 25.8 Å². The number of rotatable bonds is 18. The Bertz CT molecular complexity index is 4180. The molecule has 83 heavy (non-hydrogen) atoms. The lowest BCUT2D eigenvalue weighted by Gasteiger charge is -2.15. The highest BCUT2D eigenvalue weighted by Crippen LogP contribution is 2.49. The van der Waals surface area contributed by atoms with E-state index in [1.807, 2.05) is 22.7 Å². The molecule has 11 aromatic carbocycles. The van der Waals surface area contributed by atoms with Crippen LogP contribution in [0.15, 0.2) is 231 Å². The number of benzene rings is 11. The van der Waals surface area contributed by atoms with Gasteiger partial charge in [-0.3, -0.25) is 0 Å². The van der Waals surface area contributed by atoms with Gasteiger partial charge in [-0.05, 0) is 184 Å². The number of hydrogen-bond donors (Lipinski definition) is 0. The molecule has 0 fully saturated rings. The Hall–Kier alpha value is -8.32. The minimum absolute atomic E-state index is 0.981. The van der Waals surface area contributed by atoms with Gasteiger partial charge in [0.15, 0.2) is 0 Å². The van der Waals surface area contributed by atoms with E-state index in [1.54, 1.807) is 0 Å². The fraction of sp³-hybridized carbons (Fsp3) is 0.154. The zero-order valence-electron chi connectivity index (χ0n) is 47.1. The molecule has 0 radical (unpaired) electrons. The molecule has 0 bridgehead atoms. The molecule has 0 saturated heterocycles. The van der Waals surface area contributed by atoms with Crippen molar-refractivity contribution in [1.82, 2.24) is 8.75 Å². The summed E-state index contributed by atoms with van der Waals surface area (Å²) in [7, 11) is 0. The van der Waals surface area contributed by atoms with E-state index in [-0.39, 0.29) is 0 Å². The molecule has 0 unspecified atom stereocenters. The van der Waals surface area contributed by atoms with E-state index in [2.05, 4.69) is 244 Å². The molecule has 0 aliphatic rings. The normalized spacial score (nSPS) is 11.7. The second-order valence-electron chi connectivity index (χ2n) is 22.4. The second-order valence-corrected chi connectivity index (χ2v) is 25.0. The minimum atomic E-state index is 0.981. The molecular formula is C78H64N2S3. The molecule has 14 aromatic rings. The van der Waals surface area contributed by atoms with Crippen LogP contribution in [0.3, 0.4) is 0 Å². The molecular weight excluding hydrogens is 1060 g/mol. The van der Waals surface area contributed by atoms with E-state index in [0.717, 1.165) is 47.8 Å². The zero-order valence-corrected chi connectivity index (χ0v) is 49.6. The van der Waals surface area contributed by atoms with Crippen molar-refractivity contribution in [1.29, 1.82) is 0 Å². The molecule has 0 saturated carbocycles. The first-order chi connectivity index (χ1) is 41.1. The van der Waals surface area contributed by atoms with Crippen molar-refractivity contribution in [2.75, 3.05) is 0 Å². The van der Waals surface area contributed by atoms with Gasteiger partial charge >= 0.3 is 0 Å². The van der Waals surface area contributed by atoms with Gasteiger partial charge in [-0.15, -0.1) is 22.7 Å². The van der Waals surface area contributed by atoms with Gasteiger partial charge in [-0.25, -0.2) is 0 Å². The Kier molecular flexibility index (Phi) is 14.9. The third kappa shape index (κ3) is 10.4. The Balaban J connectivity index is 0.909. The zero-order chi connectivity index (χ0) is 55.6. The van der Waals surface area contributed by atoms with Crippen molar-refractivity contribution in [3.8, 4) is 86.3 Å². The van der Waals surface area contributed by atoms with Crippen LogP contribution < -0.4 is 0 Å². The third-order valence-corrected chi connectivity index (χ3v) is 20.0. The molecule has 0 atom stereocenters. The van der Waals surface area contributed by atoms with Crippen LogP contribution in [0.4, 0.5) is 0 Å². The summed E-state index contributed by atoms with van der Waals surface area (Å²) >= 11 is 5.18. The van der Waals surface area contributed by atoms with Crippen LogP contribution in [0, 0.1) is 0 Å². The lowest BCUT2D eigenvalue weighted by molar-refractivity contribution is 0.668. The number of aryl methyl sites for hydroxylation is 2. The Labute approximate surface area is 499 Å². The summed E-state index contributed by atoms with van der Waals surface area (Å²) in [6.45, 7) is 4.61. The summed E-state index contributed by atoms with van der Waals surface area (Å²) in [6.07, 6.45) is 11.7. The largest absolute Gasteiger partial charge is 0.172 e. The summed E-state index contributed by atoms with van der Waals surface area (Å²) < 4.78 is 10.4. The van der Waals surface area contributed by atoms with Crippen LogP contribution >= 0.6 is 34.4 Å². The van der Waals surface area contributed by atoms with Crippen LogP contribution in [0.2, 0.25) is 0 Å². The number of unbranched alkanes of at least 4 members (excludes halogenated alkanes) is 6. The average molecular weight is 1130 g/mol. The highest BCUT2D eigenvalue weighted by atomic mass is 32.1. The van der Waals surface area contributed by atoms with Crippen molar-refractivity contribution in [3.05, 3.63) is 242 Å². The number of fused-ring (bicyclic) bond motifs is 5. The number of nitrogens with zero attached hydrogens (tertiary/aromatic N) is 2. The molecule has 0 spiro atoms. The van der Waals surface area contributed by atoms with Gasteiger partial charge in [0.05, 0.1) is 11.7 Å². The van der Waals surface area contributed by atoms with Gasteiger partial charge < -0.3 is 0 Å². The highest BCUT2D eigenvalue weighted by Gasteiger charge is 2.23. The summed E-state index contributed by atoms with van der Waals surface area (Å²) in [4.78, 5) is 5.16. The van der Waals surface area contributed by atoms with E-state index in [1.165, 1.54) is 180 Å². The van der Waals surface area contributed by atoms with E-state index in [9.17, 15) is 0 Å². The average Bonchev–Trinajstić information content (AvgIpc) is 4.48. The van der Waals surface area contributed by atoms with Crippen molar-refractivity contribution >= 4 is 88.5 Å². The molecule has 404 valence electrons. The van der Waals surface area contributed by atoms with Gasteiger partial charge in [-0.1, -0.05) is 234 Å². The molecule has 3 heterocycles. The first kappa shape index (κ1) is 52.7. The Morgan fingerprint density at radius 2 is 0.602 bits per heavy atom. The summed E-state index contributed by atoms with van der Waals surface area (Å²) in [6, 6.07) is 86.6. The maximum Gasteiger partial charge on any atom is 0.114 e. The van der Waals surface area contributed by atoms with Crippen molar-refractivity contribution < 1.29 is 0 Å². The molecule has 0 N–H and O–H groups in total. The summed E-state index contributed by atoms with van der Waals surface area (Å²) in [5, 5.41) is 10.1. The molecule has 0 amide bonds. The smallest absolute Gasteiger partial charge is 0.114 e. The fourth-order valence-electron chi connectivity index (χ4n) is 12.8. The lowest BCUT2D eigenvalue weighted by atomic mass is 9.90. The SMILES string of the molecule is CCCCCCc1cc(-c2ccc(-c3cc(CCCCCC)c(-c4cc(-c5cccc6ccccc56)cc(-c5cccc6ccccc56)c4)s3)c3nsnc23)sc1-c1cc(-c2cccc3ccccc23)cc(-c2cccc3ccccc23)c1. The molecule has 2 nitrogen and oxygen atoms in total. The predicted molar refractivity (Wildman–Crippen MR) is 362 cm³/mol. The molecule has 14 rings (SSSR count).